The quantitative estimate of drug-likeness (QED) is 0.856. The van der Waals surface area contributed by atoms with Crippen molar-refractivity contribution in [3.63, 3.8) is 0 Å². The van der Waals surface area contributed by atoms with E-state index in [0.717, 1.165) is 15.6 Å². The Hall–Kier alpha value is -0.540. The Kier molecular flexibility index (Phi) is 3.22. The van der Waals surface area contributed by atoms with Gasteiger partial charge in [-0.25, -0.2) is 0 Å². The van der Waals surface area contributed by atoms with E-state index in [1.165, 1.54) is 0 Å². The second kappa shape index (κ2) is 3.91. The molecule has 0 unspecified atom stereocenters. The van der Waals surface area contributed by atoms with Crippen molar-refractivity contribution in [2.24, 2.45) is 5.73 Å². The van der Waals surface area contributed by atoms with Gasteiger partial charge in [-0.05, 0) is 50.5 Å². The van der Waals surface area contributed by atoms with E-state index in [0.29, 0.717) is 12.2 Å². The normalized spacial score (nSPS) is 11.8. The summed E-state index contributed by atoms with van der Waals surface area (Å²) >= 11 is 3.44. The smallest absolute Gasteiger partial charge is 0.119 e. The molecule has 1 rings (SSSR count). The standard InChI is InChI=1S/C11H16BrNO/c1-7-8(6-11(2,3)13)10(14)5-4-9(7)12/h4-5,14H,6,13H2,1-3H3. The lowest BCUT2D eigenvalue weighted by Crippen LogP contribution is -2.34. The van der Waals surface area contributed by atoms with E-state index in [1.807, 2.05) is 26.8 Å². The Balaban J connectivity index is 3.13. The fraction of sp³-hybridized carbons (Fsp3) is 0.455. The van der Waals surface area contributed by atoms with Crippen molar-refractivity contribution in [3.05, 3.63) is 27.7 Å². The SMILES string of the molecule is Cc1c(Br)ccc(O)c1CC(C)(C)N. The first-order chi connectivity index (χ1) is 6.31. The molecular weight excluding hydrogens is 242 g/mol. The summed E-state index contributed by atoms with van der Waals surface area (Å²) in [5.41, 5.74) is 7.61. The molecule has 0 amide bonds. The van der Waals surface area contributed by atoms with Crippen molar-refractivity contribution in [1.82, 2.24) is 0 Å². The van der Waals surface area contributed by atoms with E-state index in [1.54, 1.807) is 6.07 Å². The number of halogens is 1. The van der Waals surface area contributed by atoms with Crippen LogP contribution in [0, 0.1) is 6.92 Å². The molecular formula is C11H16BrNO. The largest absolute Gasteiger partial charge is 0.508 e. The van der Waals surface area contributed by atoms with Crippen molar-refractivity contribution >= 4 is 15.9 Å². The molecule has 0 heterocycles. The zero-order valence-corrected chi connectivity index (χ0v) is 10.4. The third-order valence-electron chi connectivity index (χ3n) is 2.14. The van der Waals surface area contributed by atoms with Crippen LogP contribution in [0.25, 0.3) is 0 Å². The third kappa shape index (κ3) is 2.72. The van der Waals surface area contributed by atoms with Gasteiger partial charge in [0.25, 0.3) is 0 Å². The number of phenolic OH excluding ortho intramolecular Hbond substituents is 1. The highest BCUT2D eigenvalue weighted by Gasteiger charge is 2.17. The molecule has 14 heavy (non-hydrogen) atoms. The van der Waals surface area contributed by atoms with Gasteiger partial charge in [0.15, 0.2) is 0 Å². The summed E-state index contributed by atoms with van der Waals surface area (Å²) in [5.74, 6) is 0.323. The molecule has 0 spiro atoms. The van der Waals surface area contributed by atoms with E-state index in [9.17, 15) is 5.11 Å². The van der Waals surface area contributed by atoms with Gasteiger partial charge in [-0.15, -0.1) is 0 Å². The maximum Gasteiger partial charge on any atom is 0.119 e. The summed E-state index contributed by atoms with van der Waals surface area (Å²) < 4.78 is 1.01. The lowest BCUT2D eigenvalue weighted by atomic mass is 9.93. The van der Waals surface area contributed by atoms with Crippen LogP contribution in [-0.2, 0) is 6.42 Å². The van der Waals surface area contributed by atoms with Crippen molar-refractivity contribution < 1.29 is 5.11 Å². The second-order valence-corrected chi connectivity index (χ2v) is 5.19. The molecule has 0 fully saturated rings. The van der Waals surface area contributed by atoms with Crippen LogP contribution in [0.5, 0.6) is 5.75 Å². The number of rotatable bonds is 2. The average molecular weight is 258 g/mol. The fourth-order valence-corrected chi connectivity index (χ4v) is 1.76. The Bertz CT molecular complexity index is 342. The molecule has 1 aromatic carbocycles. The predicted molar refractivity (Wildman–Crippen MR) is 62.5 cm³/mol. The minimum atomic E-state index is -0.303. The van der Waals surface area contributed by atoms with Crippen molar-refractivity contribution in [2.45, 2.75) is 32.7 Å². The van der Waals surface area contributed by atoms with Gasteiger partial charge in [0, 0.05) is 10.0 Å². The topological polar surface area (TPSA) is 46.2 Å². The number of benzene rings is 1. The molecule has 0 aromatic heterocycles. The Morgan fingerprint density at radius 3 is 2.50 bits per heavy atom. The average Bonchev–Trinajstić information content (AvgIpc) is 2.04. The Morgan fingerprint density at radius 1 is 1.43 bits per heavy atom. The summed E-state index contributed by atoms with van der Waals surface area (Å²) in [6.45, 7) is 5.88. The molecule has 0 radical (unpaired) electrons. The Morgan fingerprint density at radius 2 is 2.00 bits per heavy atom. The van der Waals surface area contributed by atoms with Gasteiger partial charge in [-0.2, -0.15) is 0 Å². The number of phenols is 1. The van der Waals surface area contributed by atoms with Crippen molar-refractivity contribution in [2.75, 3.05) is 0 Å². The van der Waals surface area contributed by atoms with Crippen LogP contribution in [0.4, 0.5) is 0 Å². The minimum Gasteiger partial charge on any atom is -0.508 e. The molecule has 0 aliphatic rings. The summed E-state index contributed by atoms with van der Waals surface area (Å²) in [7, 11) is 0. The van der Waals surface area contributed by atoms with Crippen LogP contribution in [0.15, 0.2) is 16.6 Å². The molecule has 0 aliphatic heterocycles. The first kappa shape index (κ1) is 11.5. The van der Waals surface area contributed by atoms with Gasteiger partial charge in [0.2, 0.25) is 0 Å². The molecule has 0 saturated carbocycles. The van der Waals surface area contributed by atoms with Crippen LogP contribution in [0.3, 0.4) is 0 Å². The van der Waals surface area contributed by atoms with Crippen LogP contribution in [0.1, 0.15) is 25.0 Å². The van der Waals surface area contributed by atoms with Gasteiger partial charge in [0.1, 0.15) is 5.75 Å². The number of nitrogens with two attached hydrogens (primary N) is 1. The third-order valence-corrected chi connectivity index (χ3v) is 3.00. The van der Waals surface area contributed by atoms with Crippen LogP contribution in [0.2, 0.25) is 0 Å². The maximum absolute atomic E-state index is 9.70. The van der Waals surface area contributed by atoms with E-state index in [4.69, 9.17) is 5.73 Å². The summed E-state index contributed by atoms with van der Waals surface area (Å²) in [6, 6.07) is 3.54. The number of aromatic hydroxyl groups is 1. The van der Waals surface area contributed by atoms with Crippen molar-refractivity contribution in [3.8, 4) is 5.75 Å². The predicted octanol–water partition coefficient (Wildman–Crippen LogP) is 2.74. The van der Waals surface area contributed by atoms with Crippen LogP contribution >= 0.6 is 15.9 Å². The van der Waals surface area contributed by atoms with Gasteiger partial charge in [0.05, 0.1) is 0 Å². The van der Waals surface area contributed by atoms with E-state index < -0.39 is 0 Å². The monoisotopic (exact) mass is 257 g/mol. The van der Waals surface area contributed by atoms with E-state index in [2.05, 4.69) is 15.9 Å². The molecule has 2 nitrogen and oxygen atoms in total. The van der Waals surface area contributed by atoms with Gasteiger partial charge in [-0.3, -0.25) is 0 Å². The molecule has 78 valence electrons. The van der Waals surface area contributed by atoms with Crippen LogP contribution in [-0.4, -0.2) is 10.6 Å². The fourth-order valence-electron chi connectivity index (χ4n) is 1.39. The highest BCUT2D eigenvalue weighted by Crippen LogP contribution is 2.29. The zero-order chi connectivity index (χ0) is 10.9. The summed E-state index contributed by atoms with van der Waals surface area (Å²) in [5, 5.41) is 9.70. The lowest BCUT2D eigenvalue weighted by molar-refractivity contribution is 0.448. The first-order valence-electron chi connectivity index (χ1n) is 4.57. The highest BCUT2D eigenvalue weighted by molar-refractivity contribution is 9.10. The summed E-state index contributed by atoms with van der Waals surface area (Å²) in [4.78, 5) is 0. The van der Waals surface area contributed by atoms with E-state index in [-0.39, 0.29) is 5.54 Å². The van der Waals surface area contributed by atoms with Crippen LogP contribution < -0.4 is 5.73 Å². The number of hydrogen-bond acceptors (Lipinski definition) is 2. The Labute approximate surface area is 93.3 Å². The van der Waals surface area contributed by atoms with E-state index >= 15 is 0 Å². The number of hydrogen-bond donors (Lipinski definition) is 2. The highest BCUT2D eigenvalue weighted by atomic mass is 79.9. The molecule has 1 aromatic rings. The molecule has 0 atom stereocenters. The molecule has 0 bridgehead atoms. The van der Waals surface area contributed by atoms with Gasteiger partial charge >= 0.3 is 0 Å². The molecule has 3 heteroatoms. The molecule has 3 N–H and O–H groups in total. The second-order valence-electron chi connectivity index (χ2n) is 4.34. The lowest BCUT2D eigenvalue weighted by Gasteiger charge is -2.21. The van der Waals surface area contributed by atoms with Gasteiger partial charge in [-0.1, -0.05) is 15.9 Å². The summed E-state index contributed by atoms with van der Waals surface area (Å²) in [6.07, 6.45) is 0.671. The van der Waals surface area contributed by atoms with Gasteiger partial charge < -0.3 is 10.8 Å². The first-order valence-corrected chi connectivity index (χ1v) is 5.36. The molecule has 0 saturated heterocycles. The maximum atomic E-state index is 9.70. The van der Waals surface area contributed by atoms with Crippen molar-refractivity contribution in [1.29, 1.82) is 0 Å². The molecule has 0 aliphatic carbocycles. The minimum absolute atomic E-state index is 0.303. The zero-order valence-electron chi connectivity index (χ0n) is 8.76.